The van der Waals surface area contributed by atoms with Crippen molar-refractivity contribution < 1.29 is 4.79 Å². The van der Waals surface area contributed by atoms with Gasteiger partial charge in [0.1, 0.15) is 16.3 Å². The zero-order valence-corrected chi connectivity index (χ0v) is 16.3. The summed E-state index contributed by atoms with van der Waals surface area (Å²) in [7, 11) is 0. The molecular formula is C16H18BrN5OS. The predicted octanol–water partition coefficient (Wildman–Crippen LogP) is 4.02. The average Bonchev–Trinajstić information content (AvgIpc) is 3.02. The van der Waals surface area contributed by atoms with Crippen molar-refractivity contribution in [1.82, 2.24) is 19.6 Å². The highest BCUT2D eigenvalue weighted by Gasteiger charge is 2.19. The van der Waals surface area contributed by atoms with E-state index in [2.05, 4.69) is 50.3 Å². The van der Waals surface area contributed by atoms with Crippen LogP contribution in [-0.4, -0.2) is 25.5 Å². The zero-order chi connectivity index (χ0) is 17.4. The summed E-state index contributed by atoms with van der Waals surface area (Å²) in [5.74, 6) is 0.271. The van der Waals surface area contributed by atoms with Crippen molar-refractivity contribution >= 4 is 44.0 Å². The van der Waals surface area contributed by atoms with Gasteiger partial charge in [-0.25, -0.2) is 4.98 Å². The number of anilines is 1. The summed E-state index contributed by atoms with van der Waals surface area (Å²) >= 11 is 4.88. The third kappa shape index (κ3) is 3.34. The first kappa shape index (κ1) is 17.0. The Hall–Kier alpha value is -1.80. The van der Waals surface area contributed by atoms with Gasteiger partial charge in [-0.3, -0.25) is 14.5 Å². The van der Waals surface area contributed by atoms with E-state index < -0.39 is 0 Å². The van der Waals surface area contributed by atoms with Gasteiger partial charge in [-0.15, -0.1) is 10.2 Å². The molecule has 126 valence electrons. The number of rotatable bonds is 4. The molecule has 0 radical (unpaired) electrons. The number of nitrogens with one attached hydrogen (secondary N) is 1. The zero-order valence-electron chi connectivity index (χ0n) is 13.9. The van der Waals surface area contributed by atoms with Crippen LogP contribution in [-0.2, 0) is 6.42 Å². The van der Waals surface area contributed by atoms with E-state index in [1.54, 1.807) is 4.40 Å². The second-order valence-corrected chi connectivity index (χ2v) is 8.11. The number of hydrogen-bond acceptors (Lipinski definition) is 5. The van der Waals surface area contributed by atoms with Gasteiger partial charge in [0.05, 0.1) is 5.69 Å². The van der Waals surface area contributed by atoms with Crippen LogP contribution in [0.3, 0.4) is 0 Å². The lowest BCUT2D eigenvalue weighted by atomic mass is 10.1. The van der Waals surface area contributed by atoms with E-state index in [0.29, 0.717) is 22.4 Å². The molecule has 3 aromatic heterocycles. The fraction of sp³-hybridized carbons (Fsp3) is 0.375. The number of hydrogen-bond donors (Lipinski definition) is 1. The van der Waals surface area contributed by atoms with Crippen molar-refractivity contribution in [2.24, 2.45) is 5.92 Å². The van der Waals surface area contributed by atoms with Crippen molar-refractivity contribution in [3.63, 3.8) is 0 Å². The van der Waals surface area contributed by atoms with Crippen molar-refractivity contribution in [1.29, 1.82) is 0 Å². The highest BCUT2D eigenvalue weighted by molar-refractivity contribution is 9.10. The highest BCUT2D eigenvalue weighted by Crippen LogP contribution is 2.23. The normalized spacial score (nSPS) is 11.4. The molecule has 3 aromatic rings. The van der Waals surface area contributed by atoms with E-state index in [1.165, 1.54) is 11.3 Å². The van der Waals surface area contributed by atoms with Crippen LogP contribution < -0.4 is 5.32 Å². The van der Waals surface area contributed by atoms with Crippen molar-refractivity contribution in [3.05, 3.63) is 38.7 Å². The van der Waals surface area contributed by atoms with E-state index in [0.717, 1.165) is 27.1 Å². The predicted molar refractivity (Wildman–Crippen MR) is 98.8 cm³/mol. The number of aromatic nitrogens is 4. The van der Waals surface area contributed by atoms with Crippen LogP contribution in [0.5, 0.6) is 0 Å². The van der Waals surface area contributed by atoms with E-state index in [9.17, 15) is 4.79 Å². The summed E-state index contributed by atoms with van der Waals surface area (Å²) in [5, 5.41) is 12.5. The quantitative estimate of drug-likeness (QED) is 0.708. The molecule has 1 N–H and O–H groups in total. The van der Waals surface area contributed by atoms with E-state index in [4.69, 9.17) is 0 Å². The number of halogens is 1. The molecule has 0 saturated carbocycles. The molecule has 8 heteroatoms. The number of carbonyl (C=O) groups is 1. The standard InChI is InChI=1S/C16H18BrN5OS/c1-8(2)5-12-20-21-16(24-12)19-15(23)13-10(4)18-14-9(3)6-11(17)7-22(13)14/h6-8H,5H2,1-4H3,(H,19,21,23). The van der Waals surface area contributed by atoms with Crippen LogP contribution in [0.2, 0.25) is 0 Å². The van der Waals surface area contributed by atoms with Gasteiger partial charge >= 0.3 is 0 Å². The molecule has 3 heterocycles. The monoisotopic (exact) mass is 407 g/mol. The summed E-state index contributed by atoms with van der Waals surface area (Å²) in [6.07, 6.45) is 2.70. The summed E-state index contributed by atoms with van der Waals surface area (Å²) < 4.78 is 2.70. The number of carbonyl (C=O) groups excluding carboxylic acids is 1. The lowest BCUT2D eigenvalue weighted by Gasteiger charge is -2.04. The smallest absolute Gasteiger partial charge is 0.276 e. The maximum Gasteiger partial charge on any atom is 0.276 e. The molecule has 0 saturated heterocycles. The molecule has 0 aliphatic heterocycles. The number of fused-ring (bicyclic) bond motifs is 1. The Kier molecular flexibility index (Phi) is 4.69. The van der Waals surface area contributed by atoms with E-state index >= 15 is 0 Å². The summed E-state index contributed by atoms with van der Waals surface area (Å²) in [6, 6.07) is 1.98. The molecule has 0 aromatic carbocycles. The molecular weight excluding hydrogens is 390 g/mol. The SMILES string of the molecule is Cc1nc2c(C)cc(Br)cn2c1C(=O)Nc1nnc(CC(C)C)s1. The number of imidazole rings is 1. The first-order valence-electron chi connectivity index (χ1n) is 7.63. The molecule has 0 fully saturated rings. The highest BCUT2D eigenvalue weighted by atomic mass is 79.9. The third-order valence-electron chi connectivity index (χ3n) is 3.53. The van der Waals surface area contributed by atoms with Gasteiger partial charge in [0.25, 0.3) is 5.91 Å². The van der Waals surface area contributed by atoms with Crippen LogP contribution in [0.1, 0.15) is 40.6 Å². The molecule has 1 amide bonds. The molecule has 3 rings (SSSR count). The minimum atomic E-state index is -0.232. The Labute approximate surface area is 152 Å². The molecule has 0 aliphatic carbocycles. The number of nitrogens with zero attached hydrogens (tertiary/aromatic N) is 4. The van der Waals surface area contributed by atoms with Crippen LogP contribution in [0.4, 0.5) is 5.13 Å². The maximum absolute atomic E-state index is 12.7. The molecule has 0 unspecified atom stereocenters. The summed E-state index contributed by atoms with van der Waals surface area (Å²) in [6.45, 7) is 8.06. The van der Waals surface area contributed by atoms with Gasteiger partial charge in [-0.1, -0.05) is 25.2 Å². The van der Waals surface area contributed by atoms with Gasteiger partial charge in [-0.2, -0.15) is 0 Å². The third-order valence-corrected chi connectivity index (χ3v) is 4.82. The molecule has 0 atom stereocenters. The molecule has 6 nitrogen and oxygen atoms in total. The van der Waals surface area contributed by atoms with Gasteiger partial charge in [0.2, 0.25) is 5.13 Å². The molecule has 0 spiro atoms. The Morgan fingerprint density at radius 1 is 1.38 bits per heavy atom. The maximum atomic E-state index is 12.7. The van der Waals surface area contributed by atoms with Gasteiger partial charge in [0, 0.05) is 17.1 Å². The Bertz CT molecular complexity index is 915. The van der Waals surface area contributed by atoms with Crippen molar-refractivity contribution in [3.8, 4) is 0 Å². The van der Waals surface area contributed by atoms with E-state index in [-0.39, 0.29) is 5.91 Å². The van der Waals surface area contributed by atoms with Crippen molar-refractivity contribution in [2.75, 3.05) is 5.32 Å². The van der Waals surface area contributed by atoms with Gasteiger partial charge in [-0.05, 0) is 47.3 Å². The average molecular weight is 408 g/mol. The number of amides is 1. The lowest BCUT2D eigenvalue weighted by Crippen LogP contribution is -2.15. The molecule has 0 aliphatic rings. The Balaban J connectivity index is 1.91. The fourth-order valence-corrected chi connectivity index (χ4v) is 4.04. The number of pyridine rings is 1. The fourth-order valence-electron chi connectivity index (χ4n) is 2.55. The summed E-state index contributed by atoms with van der Waals surface area (Å²) in [5.41, 5.74) is 2.97. The van der Waals surface area contributed by atoms with Gasteiger partial charge in [0.15, 0.2) is 0 Å². The topological polar surface area (TPSA) is 72.2 Å². The first-order chi connectivity index (χ1) is 11.3. The largest absolute Gasteiger partial charge is 0.295 e. The lowest BCUT2D eigenvalue weighted by molar-refractivity contribution is 0.102. The van der Waals surface area contributed by atoms with Crippen LogP contribution >= 0.6 is 27.3 Å². The minimum Gasteiger partial charge on any atom is -0.295 e. The second-order valence-electron chi connectivity index (χ2n) is 6.13. The van der Waals surface area contributed by atoms with Crippen LogP contribution in [0.15, 0.2) is 16.7 Å². The van der Waals surface area contributed by atoms with Crippen molar-refractivity contribution in [2.45, 2.75) is 34.1 Å². The number of aryl methyl sites for hydroxylation is 2. The molecule has 24 heavy (non-hydrogen) atoms. The Morgan fingerprint density at radius 2 is 2.12 bits per heavy atom. The molecule has 0 bridgehead atoms. The van der Waals surface area contributed by atoms with E-state index in [1.807, 2.05) is 26.1 Å². The Morgan fingerprint density at radius 3 is 2.83 bits per heavy atom. The second kappa shape index (κ2) is 6.60. The minimum absolute atomic E-state index is 0.232. The van der Waals surface area contributed by atoms with Crippen LogP contribution in [0.25, 0.3) is 5.65 Å². The summed E-state index contributed by atoms with van der Waals surface area (Å²) in [4.78, 5) is 17.2. The first-order valence-corrected chi connectivity index (χ1v) is 9.24. The van der Waals surface area contributed by atoms with Crippen LogP contribution in [0, 0.1) is 19.8 Å². The van der Waals surface area contributed by atoms with Gasteiger partial charge < -0.3 is 0 Å².